The summed E-state index contributed by atoms with van der Waals surface area (Å²) in [5.41, 5.74) is 5.77. The van der Waals surface area contributed by atoms with Crippen LogP contribution in [0.2, 0.25) is 0 Å². The van der Waals surface area contributed by atoms with Crippen molar-refractivity contribution >= 4 is 11.0 Å². The van der Waals surface area contributed by atoms with Gasteiger partial charge in [0.2, 0.25) is 0 Å². The third-order valence-electron chi connectivity index (χ3n) is 5.16. The van der Waals surface area contributed by atoms with Gasteiger partial charge in [-0.15, -0.1) is 0 Å². The van der Waals surface area contributed by atoms with Crippen molar-refractivity contribution in [3.63, 3.8) is 0 Å². The van der Waals surface area contributed by atoms with E-state index in [1.165, 1.54) is 29.5 Å². The van der Waals surface area contributed by atoms with Crippen molar-refractivity contribution in [3.05, 3.63) is 77.9 Å². The molecule has 0 N–H and O–H groups in total. The van der Waals surface area contributed by atoms with Crippen molar-refractivity contribution in [1.82, 2.24) is 19.7 Å². The monoisotopic (exact) mass is 356 g/mol. The predicted octanol–water partition coefficient (Wildman–Crippen LogP) is 4.27. The van der Waals surface area contributed by atoms with Crippen molar-refractivity contribution < 1.29 is 4.74 Å². The number of hydrogen-bond acceptors (Lipinski definition) is 4. The molecule has 2 aromatic heterocycles. The van der Waals surface area contributed by atoms with E-state index >= 15 is 0 Å². The highest BCUT2D eigenvalue weighted by Crippen LogP contribution is 2.35. The van der Waals surface area contributed by atoms with Crippen molar-refractivity contribution in [2.45, 2.75) is 32.3 Å². The summed E-state index contributed by atoms with van der Waals surface area (Å²) in [7, 11) is 0. The Balaban J connectivity index is 1.54. The average Bonchev–Trinajstić information content (AvgIpc) is 3.17. The zero-order chi connectivity index (χ0) is 18.1. The summed E-state index contributed by atoms with van der Waals surface area (Å²) in [5, 5.41) is 5.52. The number of benzene rings is 2. The van der Waals surface area contributed by atoms with Gasteiger partial charge >= 0.3 is 0 Å². The molecule has 1 aliphatic rings. The molecule has 0 fully saturated rings. The van der Waals surface area contributed by atoms with Crippen LogP contribution in [0.15, 0.2) is 61.2 Å². The van der Waals surface area contributed by atoms with E-state index in [1.54, 1.807) is 12.5 Å². The van der Waals surface area contributed by atoms with Crippen LogP contribution in [0.4, 0.5) is 0 Å². The molecule has 0 atom stereocenters. The summed E-state index contributed by atoms with van der Waals surface area (Å²) in [6, 6.07) is 14.5. The SMILES string of the molecule is c1ccc(COc2ccc(-n3ncc4cncnc43)c3c2CCCC3)cc1. The molecule has 0 bridgehead atoms. The van der Waals surface area contributed by atoms with Crippen LogP contribution in [0.1, 0.15) is 29.5 Å². The molecule has 5 heteroatoms. The zero-order valence-corrected chi connectivity index (χ0v) is 15.0. The predicted molar refractivity (Wildman–Crippen MR) is 104 cm³/mol. The van der Waals surface area contributed by atoms with Gasteiger partial charge in [0.25, 0.3) is 0 Å². The van der Waals surface area contributed by atoms with Crippen molar-refractivity contribution in [2.75, 3.05) is 0 Å². The number of hydrogen-bond donors (Lipinski definition) is 0. The quantitative estimate of drug-likeness (QED) is 0.548. The number of rotatable bonds is 4. The molecule has 0 spiro atoms. The highest BCUT2D eigenvalue weighted by atomic mass is 16.5. The van der Waals surface area contributed by atoms with E-state index in [4.69, 9.17) is 4.74 Å². The molecule has 0 saturated carbocycles. The maximum absolute atomic E-state index is 6.20. The largest absolute Gasteiger partial charge is 0.489 e. The first kappa shape index (κ1) is 16.0. The van der Waals surface area contributed by atoms with Crippen molar-refractivity contribution in [3.8, 4) is 11.4 Å². The maximum Gasteiger partial charge on any atom is 0.166 e. The molecule has 5 rings (SSSR count). The molecule has 0 unspecified atom stereocenters. The van der Waals surface area contributed by atoms with Gasteiger partial charge in [-0.2, -0.15) is 5.10 Å². The number of nitrogens with zero attached hydrogens (tertiary/aromatic N) is 4. The standard InChI is InChI=1S/C22H20N4O/c1-2-6-16(7-3-1)14-27-21-11-10-20(18-8-4-5-9-19(18)21)26-22-17(13-25-26)12-23-15-24-22/h1-3,6-7,10-13,15H,4-5,8-9,14H2. The first-order chi connectivity index (χ1) is 13.4. The van der Waals surface area contributed by atoms with Crippen LogP contribution in [-0.4, -0.2) is 19.7 Å². The topological polar surface area (TPSA) is 52.8 Å². The first-order valence-corrected chi connectivity index (χ1v) is 9.36. The van der Waals surface area contributed by atoms with E-state index in [0.717, 1.165) is 35.3 Å². The highest BCUT2D eigenvalue weighted by molar-refractivity contribution is 5.75. The lowest BCUT2D eigenvalue weighted by molar-refractivity contribution is 0.301. The fraction of sp³-hybridized carbons (Fsp3) is 0.227. The summed E-state index contributed by atoms with van der Waals surface area (Å²) < 4.78 is 8.13. The summed E-state index contributed by atoms with van der Waals surface area (Å²) in [4.78, 5) is 8.51. The summed E-state index contributed by atoms with van der Waals surface area (Å²) in [6.07, 6.45) is 9.67. The maximum atomic E-state index is 6.20. The van der Waals surface area contributed by atoms with Gasteiger partial charge in [-0.05, 0) is 54.5 Å². The Morgan fingerprint density at radius 3 is 2.67 bits per heavy atom. The zero-order valence-electron chi connectivity index (χ0n) is 15.0. The third-order valence-corrected chi connectivity index (χ3v) is 5.16. The molecule has 0 saturated heterocycles. The van der Waals surface area contributed by atoms with E-state index in [9.17, 15) is 0 Å². The van der Waals surface area contributed by atoms with Crippen LogP contribution in [0, 0.1) is 0 Å². The summed E-state index contributed by atoms with van der Waals surface area (Å²) >= 11 is 0. The van der Waals surface area contributed by atoms with Crippen LogP contribution in [0.25, 0.3) is 16.7 Å². The Hall–Kier alpha value is -3.21. The minimum Gasteiger partial charge on any atom is -0.489 e. The Labute approximate surface area is 157 Å². The Morgan fingerprint density at radius 1 is 0.926 bits per heavy atom. The molecule has 27 heavy (non-hydrogen) atoms. The average molecular weight is 356 g/mol. The van der Waals surface area contributed by atoms with Gasteiger partial charge in [-0.1, -0.05) is 30.3 Å². The third kappa shape index (κ3) is 2.95. The minimum absolute atomic E-state index is 0.588. The van der Waals surface area contributed by atoms with E-state index in [1.807, 2.05) is 29.1 Å². The lowest BCUT2D eigenvalue weighted by atomic mass is 9.89. The highest BCUT2D eigenvalue weighted by Gasteiger charge is 2.20. The van der Waals surface area contributed by atoms with E-state index in [-0.39, 0.29) is 0 Å². The Morgan fingerprint density at radius 2 is 1.78 bits per heavy atom. The summed E-state index contributed by atoms with van der Waals surface area (Å²) in [6.45, 7) is 0.588. The van der Waals surface area contributed by atoms with Gasteiger partial charge in [0.05, 0.1) is 17.3 Å². The van der Waals surface area contributed by atoms with Crippen LogP contribution in [0.5, 0.6) is 5.75 Å². The lowest BCUT2D eigenvalue weighted by Gasteiger charge is -2.23. The molecule has 2 aromatic carbocycles. The van der Waals surface area contributed by atoms with Crippen molar-refractivity contribution in [2.24, 2.45) is 0 Å². The van der Waals surface area contributed by atoms with Gasteiger partial charge in [0.15, 0.2) is 5.65 Å². The fourth-order valence-corrected chi connectivity index (χ4v) is 3.84. The smallest absolute Gasteiger partial charge is 0.166 e. The van der Waals surface area contributed by atoms with E-state index < -0.39 is 0 Å². The fourth-order valence-electron chi connectivity index (χ4n) is 3.84. The van der Waals surface area contributed by atoms with E-state index in [0.29, 0.717) is 6.61 Å². The van der Waals surface area contributed by atoms with Gasteiger partial charge in [0.1, 0.15) is 18.7 Å². The molecule has 0 amide bonds. The number of ether oxygens (including phenoxy) is 1. The second kappa shape index (κ2) is 6.83. The van der Waals surface area contributed by atoms with Gasteiger partial charge in [0, 0.05) is 6.20 Å². The molecule has 0 aliphatic heterocycles. The Kier molecular flexibility index (Phi) is 4.05. The van der Waals surface area contributed by atoms with Gasteiger partial charge in [-0.25, -0.2) is 14.6 Å². The minimum atomic E-state index is 0.588. The van der Waals surface area contributed by atoms with Crippen LogP contribution in [-0.2, 0) is 19.4 Å². The lowest BCUT2D eigenvalue weighted by Crippen LogP contribution is -2.11. The molecule has 2 heterocycles. The normalized spacial score (nSPS) is 13.5. The number of fused-ring (bicyclic) bond motifs is 2. The molecule has 0 radical (unpaired) electrons. The van der Waals surface area contributed by atoms with Crippen LogP contribution in [0.3, 0.4) is 0 Å². The van der Waals surface area contributed by atoms with Gasteiger partial charge in [-0.3, -0.25) is 0 Å². The van der Waals surface area contributed by atoms with Crippen LogP contribution < -0.4 is 4.74 Å². The van der Waals surface area contributed by atoms with Gasteiger partial charge < -0.3 is 4.74 Å². The second-order valence-electron chi connectivity index (χ2n) is 6.88. The second-order valence-corrected chi connectivity index (χ2v) is 6.88. The Bertz CT molecular complexity index is 1090. The molecular formula is C22H20N4O. The molecular weight excluding hydrogens is 336 g/mol. The number of aromatic nitrogens is 4. The summed E-state index contributed by atoms with van der Waals surface area (Å²) in [5.74, 6) is 0.989. The molecule has 1 aliphatic carbocycles. The first-order valence-electron chi connectivity index (χ1n) is 9.36. The molecule has 134 valence electrons. The van der Waals surface area contributed by atoms with Crippen molar-refractivity contribution in [1.29, 1.82) is 0 Å². The van der Waals surface area contributed by atoms with E-state index in [2.05, 4.69) is 39.3 Å². The van der Waals surface area contributed by atoms with Crippen LogP contribution >= 0.6 is 0 Å². The molecule has 4 aromatic rings. The molecule has 5 nitrogen and oxygen atoms in total.